The second-order valence-electron chi connectivity index (χ2n) is 6.40. The van der Waals surface area contributed by atoms with Gasteiger partial charge < -0.3 is 10.2 Å². The fourth-order valence-corrected chi connectivity index (χ4v) is 4.28. The van der Waals surface area contributed by atoms with Crippen molar-refractivity contribution >= 4 is 17.7 Å². The molecule has 120 valence electrons. The highest BCUT2D eigenvalue weighted by Gasteiger charge is 2.33. The minimum atomic E-state index is -0.207. The molecular weight excluding hydrogens is 299 g/mol. The van der Waals surface area contributed by atoms with Gasteiger partial charge in [-0.15, -0.1) is 11.8 Å². The SMILES string of the molecule is CC1CCN(C(=O)[C@@H]2C[C@H](Sc3ccc(F)cc3)CN2)CC1. The molecule has 2 aliphatic rings. The molecule has 0 bridgehead atoms. The normalized spacial score (nSPS) is 26.4. The van der Waals surface area contributed by atoms with Crippen LogP contribution >= 0.6 is 11.8 Å². The van der Waals surface area contributed by atoms with E-state index >= 15 is 0 Å². The summed E-state index contributed by atoms with van der Waals surface area (Å²) in [5, 5.41) is 3.74. The minimum Gasteiger partial charge on any atom is -0.341 e. The van der Waals surface area contributed by atoms with E-state index in [0.29, 0.717) is 5.25 Å². The average molecular weight is 322 g/mol. The summed E-state index contributed by atoms with van der Waals surface area (Å²) in [5.41, 5.74) is 0. The van der Waals surface area contributed by atoms with Crippen LogP contribution in [0.25, 0.3) is 0 Å². The molecule has 2 heterocycles. The zero-order valence-electron chi connectivity index (χ0n) is 12.9. The molecule has 3 nitrogen and oxygen atoms in total. The molecule has 0 unspecified atom stereocenters. The lowest BCUT2D eigenvalue weighted by Gasteiger charge is -2.32. The molecular formula is C17H23FN2OS. The fourth-order valence-electron chi connectivity index (χ4n) is 3.14. The highest BCUT2D eigenvalue weighted by molar-refractivity contribution is 8.00. The Labute approximate surface area is 135 Å². The van der Waals surface area contributed by atoms with Crippen molar-refractivity contribution in [1.82, 2.24) is 10.2 Å². The molecule has 0 spiro atoms. The number of nitrogens with one attached hydrogen (secondary N) is 1. The van der Waals surface area contributed by atoms with Gasteiger partial charge in [0.25, 0.3) is 0 Å². The smallest absolute Gasteiger partial charge is 0.239 e. The molecule has 0 radical (unpaired) electrons. The molecule has 2 saturated heterocycles. The van der Waals surface area contributed by atoms with E-state index in [9.17, 15) is 9.18 Å². The lowest BCUT2D eigenvalue weighted by atomic mass is 9.98. The highest BCUT2D eigenvalue weighted by Crippen LogP contribution is 2.30. The number of nitrogens with zero attached hydrogens (tertiary/aromatic N) is 1. The van der Waals surface area contributed by atoms with Crippen LogP contribution in [0.15, 0.2) is 29.2 Å². The Hall–Kier alpha value is -1.07. The molecule has 1 amide bonds. The monoisotopic (exact) mass is 322 g/mol. The first-order valence-corrected chi connectivity index (χ1v) is 8.94. The molecule has 22 heavy (non-hydrogen) atoms. The molecule has 0 aromatic heterocycles. The second-order valence-corrected chi connectivity index (χ2v) is 7.77. The number of hydrogen-bond acceptors (Lipinski definition) is 3. The maximum absolute atomic E-state index is 12.9. The van der Waals surface area contributed by atoms with Crippen LogP contribution in [0.2, 0.25) is 0 Å². The van der Waals surface area contributed by atoms with Crippen LogP contribution in [0.3, 0.4) is 0 Å². The first kappa shape index (κ1) is 15.8. The predicted molar refractivity (Wildman–Crippen MR) is 87.4 cm³/mol. The second kappa shape index (κ2) is 7.01. The van der Waals surface area contributed by atoms with E-state index < -0.39 is 0 Å². The first-order chi connectivity index (χ1) is 10.6. The Balaban J connectivity index is 1.51. The third kappa shape index (κ3) is 3.82. The Bertz CT molecular complexity index is 514. The Morgan fingerprint density at radius 1 is 1.27 bits per heavy atom. The highest BCUT2D eigenvalue weighted by atomic mass is 32.2. The van der Waals surface area contributed by atoms with Crippen molar-refractivity contribution in [3.63, 3.8) is 0 Å². The molecule has 1 aromatic carbocycles. The fraction of sp³-hybridized carbons (Fsp3) is 0.588. The largest absolute Gasteiger partial charge is 0.341 e. The maximum atomic E-state index is 12.9. The Morgan fingerprint density at radius 3 is 2.64 bits per heavy atom. The van der Waals surface area contributed by atoms with E-state index in [1.54, 1.807) is 23.9 Å². The van der Waals surface area contributed by atoms with Gasteiger partial charge in [-0.05, 0) is 49.4 Å². The molecule has 0 aliphatic carbocycles. The zero-order valence-corrected chi connectivity index (χ0v) is 13.7. The van der Waals surface area contributed by atoms with Gasteiger partial charge in [0.05, 0.1) is 6.04 Å². The van der Waals surface area contributed by atoms with E-state index in [0.717, 1.165) is 49.7 Å². The lowest BCUT2D eigenvalue weighted by molar-refractivity contribution is -0.134. The van der Waals surface area contributed by atoms with Crippen LogP contribution in [0, 0.1) is 11.7 Å². The Morgan fingerprint density at radius 2 is 1.95 bits per heavy atom. The van der Waals surface area contributed by atoms with Crippen molar-refractivity contribution < 1.29 is 9.18 Å². The molecule has 3 rings (SSSR count). The summed E-state index contributed by atoms with van der Waals surface area (Å²) >= 11 is 1.73. The van der Waals surface area contributed by atoms with Crippen LogP contribution < -0.4 is 5.32 Å². The van der Waals surface area contributed by atoms with Crippen LogP contribution in [0.1, 0.15) is 26.2 Å². The van der Waals surface area contributed by atoms with Gasteiger partial charge in [0.1, 0.15) is 5.82 Å². The maximum Gasteiger partial charge on any atom is 0.239 e. The molecule has 2 fully saturated rings. The molecule has 2 atom stereocenters. The van der Waals surface area contributed by atoms with Crippen molar-refractivity contribution in [3.8, 4) is 0 Å². The number of amides is 1. The van der Waals surface area contributed by atoms with Gasteiger partial charge in [-0.25, -0.2) is 4.39 Å². The topological polar surface area (TPSA) is 32.3 Å². The third-order valence-electron chi connectivity index (χ3n) is 4.60. The van der Waals surface area contributed by atoms with E-state index in [-0.39, 0.29) is 17.8 Å². The van der Waals surface area contributed by atoms with E-state index in [1.807, 2.05) is 4.90 Å². The summed E-state index contributed by atoms with van der Waals surface area (Å²) in [6, 6.07) is 6.54. The van der Waals surface area contributed by atoms with Crippen LogP contribution in [-0.2, 0) is 4.79 Å². The van der Waals surface area contributed by atoms with Crippen molar-refractivity contribution in [1.29, 1.82) is 0 Å². The predicted octanol–water partition coefficient (Wildman–Crippen LogP) is 2.91. The van der Waals surface area contributed by atoms with Crippen molar-refractivity contribution in [2.24, 2.45) is 5.92 Å². The van der Waals surface area contributed by atoms with Crippen LogP contribution in [0.4, 0.5) is 4.39 Å². The van der Waals surface area contributed by atoms with Gasteiger partial charge in [0, 0.05) is 29.8 Å². The van der Waals surface area contributed by atoms with Gasteiger partial charge in [-0.1, -0.05) is 6.92 Å². The molecule has 0 saturated carbocycles. The van der Waals surface area contributed by atoms with Crippen LogP contribution in [-0.4, -0.2) is 41.7 Å². The number of carbonyl (C=O) groups is 1. The molecule has 2 aliphatic heterocycles. The number of hydrogen-bond donors (Lipinski definition) is 1. The summed E-state index contributed by atoms with van der Waals surface area (Å²) < 4.78 is 12.9. The van der Waals surface area contributed by atoms with Gasteiger partial charge >= 0.3 is 0 Å². The summed E-state index contributed by atoms with van der Waals surface area (Å²) in [6.07, 6.45) is 3.09. The number of halogens is 1. The molecule has 1 aromatic rings. The van der Waals surface area contributed by atoms with Gasteiger partial charge in [0.2, 0.25) is 5.91 Å². The Kier molecular flexibility index (Phi) is 5.03. The summed E-state index contributed by atoms with van der Waals surface area (Å²) in [7, 11) is 0. The minimum absolute atomic E-state index is 0.0497. The number of carbonyl (C=O) groups excluding carboxylic acids is 1. The van der Waals surface area contributed by atoms with Crippen molar-refractivity contribution in [2.75, 3.05) is 19.6 Å². The first-order valence-electron chi connectivity index (χ1n) is 8.06. The summed E-state index contributed by atoms with van der Waals surface area (Å²) in [4.78, 5) is 15.6. The number of thioether (sulfide) groups is 1. The van der Waals surface area contributed by atoms with Gasteiger partial charge in [-0.2, -0.15) is 0 Å². The number of rotatable bonds is 3. The average Bonchev–Trinajstić information content (AvgIpc) is 2.98. The molecule has 1 N–H and O–H groups in total. The van der Waals surface area contributed by atoms with Gasteiger partial charge in [-0.3, -0.25) is 4.79 Å². The summed E-state index contributed by atoms with van der Waals surface area (Å²) in [5.74, 6) is 0.790. The number of likely N-dealkylation sites (tertiary alicyclic amines) is 1. The van der Waals surface area contributed by atoms with E-state index in [1.165, 1.54) is 12.1 Å². The molecule has 5 heteroatoms. The number of piperidine rings is 1. The van der Waals surface area contributed by atoms with E-state index in [4.69, 9.17) is 0 Å². The van der Waals surface area contributed by atoms with Gasteiger partial charge in [0.15, 0.2) is 0 Å². The quantitative estimate of drug-likeness (QED) is 0.929. The van der Waals surface area contributed by atoms with Crippen LogP contribution in [0.5, 0.6) is 0 Å². The summed E-state index contributed by atoms with van der Waals surface area (Å²) in [6.45, 7) is 4.88. The lowest BCUT2D eigenvalue weighted by Crippen LogP contribution is -2.46. The third-order valence-corrected chi connectivity index (χ3v) is 5.84. The van der Waals surface area contributed by atoms with Crippen molar-refractivity contribution in [3.05, 3.63) is 30.1 Å². The van der Waals surface area contributed by atoms with Crippen molar-refractivity contribution in [2.45, 2.75) is 42.4 Å². The zero-order chi connectivity index (χ0) is 15.5. The number of benzene rings is 1. The van der Waals surface area contributed by atoms with E-state index in [2.05, 4.69) is 12.2 Å². The standard InChI is InChI=1S/C17H23FN2OS/c1-12-6-8-20(9-7-12)17(21)16-10-15(11-19-16)22-14-4-2-13(18)3-5-14/h2-5,12,15-16,19H,6-11H2,1H3/t15-,16-/m0/s1.